The van der Waals surface area contributed by atoms with Crippen molar-refractivity contribution >= 4 is 31.5 Å². The van der Waals surface area contributed by atoms with Gasteiger partial charge in [-0.1, -0.05) is 38.3 Å². The van der Waals surface area contributed by atoms with Gasteiger partial charge in [-0.3, -0.25) is 4.72 Å². The van der Waals surface area contributed by atoms with Crippen molar-refractivity contribution in [1.82, 2.24) is 0 Å². The third kappa shape index (κ3) is 5.32. The average molecular weight is 480 g/mol. The second kappa shape index (κ2) is 9.62. The number of esters is 1. The molecule has 0 spiro atoms. The van der Waals surface area contributed by atoms with E-state index in [0.29, 0.717) is 12.0 Å². The van der Waals surface area contributed by atoms with Crippen molar-refractivity contribution in [2.45, 2.75) is 61.2 Å². The van der Waals surface area contributed by atoms with Gasteiger partial charge < -0.3 is 4.74 Å². The Bertz CT molecular complexity index is 1210. The van der Waals surface area contributed by atoms with Crippen molar-refractivity contribution in [3.05, 3.63) is 53.1 Å². The van der Waals surface area contributed by atoms with E-state index >= 15 is 0 Å². The highest BCUT2D eigenvalue weighted by Gasteiger charge is 2.25. The summed E-state index contributed by atoms with van der Waals surface area (Å²) in [6.07, 6.45) is 6.61. The molecule has 7 nitrogen and oxygen atoms in total. The molecule has 0 aromatic heterocycles. The van der Waals surface area contributed by atoms with Gasteiger partial charge in [-0.25, -0.2) is 21.6 Å². The molecule has 0 atom stereocenters. The lowest BCUT2D eigenvalue weighted by Gasteiger charge is -2.25. The van der Waals surface area contributed by atoms with Gasteiger partial charge in [0.05, 0.1) is 28.2 Å². The molecule has 0 aliphatic heterocycles. The minimum absolute atomic E-state index is 0.0257. The minimum Gasteiger partial charge on any atom is -0.465 e. The Labute approximate surface area is 190 Å². The zero-order valence-corrected chi connectivity index (χ0v) is 20.2. The number of carbonyl (C=O) groups is 1. The highest BCUT2D eigenvalue weighted by molar-refractivity contribution is 7.92. The molecule has 1 aliphatic carbocycles. The molecular formula is C23H29NO6S2. The molecule has 0 amide bonds. The molecule has 3 rings (SSSR count). The summed E-state index contributed by atoms with van der Waals surface area (Å²) < 4.78 is 58.5. The molecule has 2 aromatic rings. The number of ether oxygens (including phenoxy) is 1. The zero-order chi connectivity index (χ0) is 23.5. The van der Waals surface area contributed by atoms with Crippen molar-refractivity contribution in [3.8, 4) is 0 Å². The Kier molecular flexibility index (Phi) is 7.29. The van der Waals surface area contributed by atoms with Gasteiger partial charge in [-0.05, 0) is 60.6 Å². The smallest absolute Gasteiger partial charge is 0.337 e. The predicted octanol–water partition coefficient (Wildman–Crippen LogP) is 4.29. The van der Waals surface area contributed by atoms with E-state index < -0.39 is 25.8 Å². The number of nitrogens with one attached hydrogen (secondary N) is 1. The quantitative estimate of drug-likeness (QED) is 0.594. The SMILES string of the molecule is CCc1ccc(C(=O)OC)cc1S(=O)(=O)Nc1cc(S(C)(=O)=O)ccc1C1CCCCC1. The lowest BCUT2D eigenvalue weighted by Crippen LogP contribution is -2.19. The van der Waals surface area contributed by atoms with Crippen LogP contribution in [0.2, 0.25) is 0 Å². The van der Waals surface area contributed by atoms with E-state index in [0.717, 1.165) is 43.9 Å². The molecule has 0 radical (unpaired) electrons. The Balaban J connectivity index is 2.10. The van der Waals surface area contributed by atoms with E-state index in [-0.39, 0.29) is 27.0 Å². The van der Waals surface area contributed by atoms with Gasteiger partial charge >= 0.3 is 5.97 Å². The van der Waals surface area contributed by atoms with Crippen LogP contribution in [-0.2, 0) is 31.0 Å². The second-order valence-electron chi connectivity index (χ2n) is 8.13. The zero-order valence-electron chi connectivity index (χ0n) is 18.6. The summed E-state index contributed by atoms with van der Waals surface area (Å²) >= 11 is 0. The van der Waals surface area contributed by atoms with Crippen molar-refractivity contribution in [2.75, 3.05) is 18.1 Å². The van der Waals surface area contributed by atoms with Crippen LogP contribution in [0.4, 0.5) is 5.69 Å². The average Bonchev–Trinajstić information content (AvgIpc) is 2.77. The van der Waals surface area contributed by atoms with Gasteiger partial charge in [-0.2, -0.15) is 0 Å². The second-order valence-corrected chi connectivity index (χ2v) is 11.8. The van der Waals surface area contributed by atoms with Gasteiger partial charge in [0, 0.05) is 6.26 Å². The van der Waals surface area contributed by atoms with E-state index in [4.69, 9.17) is 4.74 Å². The van der Waals surface area contributed by atoms with E-state index in [2.05, 4.69) is 4.72 Å². The number of sulfone groups is 1. The van der Waals surface area contributed by atoms with Crippen LogP contribution in [-0.4, -0.2) is 36.2 Å². The summed E-state index contributed by atoms with van der Waals surface area (Å²) in [6.45, 7) is 1.82. The summed E-state index contributed by atoms with van der Waals surface area (Å²) in [6, 6.07) is 9.07. The predicted molar refractivity (Wildman–Crippen MR) is 123 cm³/mol. The Morgan fingerprint density at radius 3 is 2.31 bits per heavy atom. The highest BCUT2D eigenvalue weighted by atomic mass is 32.2. The fourth-order valence-corrected chi connectivity index (χ4v) is 6.23. The van der Waals surface area contributed by atoms with Crippen molar-refractivity contribution in [2.24, 2.45) is 0 Å². The molecule has 0 unspecified atom stereocenters. The third-order valence-electron chi connectivity index (χ3n) is 5.90. The summed E-state index contributed by atoms with van der Waals surface area (Å²) in [7, 11) is -6.39. The minimum atomic E-state index is -4.10. The first kappa shape index (κ1) is 24.3. The molecular weight excluding hydrogens is 450 g/mol. The molecule has 1 N–H and O–H groups in total. The summed E-state index contributed by atoms with van der Waals surface area (Å²) in [5, 5.41) is 0. The number of aryl methyl sites for hydroxylation is 1. The molecule has 9 heteroatoms. The maximum Gasteiger partial charge on any atom is 0.337 e. The molecule has 1 aliphatic rings. The fraction of sp³-hybridized carbons (Fsp3) is 0.435. The summed E-state index contributed by atoms with van der Waals surface area (Å²) in [5.74, 6) is -0.479. The number of carbonyl (C=O) groups excluding carboxylic acids is 1. The van der Waals surface area contributed by atoms with E-state index in [1.165, 1.54) is 31.4 Å². The van der Waals surface area contributed by atoms with Crippen LogP contribution in [0, 0.1) is 0 Å². The van der Waals surface area contributed by atoms with E-state index in [9.17, 15) is 21.6 Å². The number of hydrogen-bond acceptors (Lipinski definition) is 6. The topological polar surface area (TPSA) is 107 Å². The maximum atomic E-state index is 13.4. The van der Waals surface area contributed by atoms with Gasteiger partial charge in [-0.15, -0.1) is 0 Å². The Morgan fingerprint density at radius 2 is 1.72 bits per heavy atom. The first-order valence-electron chi connectivity index (χ1n) is 10.6. The summed E-state index contributed by atoms with van der Waals surface area (Å²) in [4.78, 5) is 12.0. The fourth-order valence-electron chi connectivity index (χ4n) is 4.17. The normalized spacial score (nSPS) is 15.3. The molecule has 0 bridgehead atoms. The maximum absolute atomic E-state index is 13.4. The summed E-state index contributed by atoms with van der Waals surface area (Å²) in [5.41, 5.74) is 1.74. The molecule has 174 valence electrons. The standard InChI is InChI=1S/C23H29NO6S2/c1-4-16-10-11-18(23(25)30-2)14-22(16)32(28,29)24-21-15-19(31(3,26)27)12-13-20(21)17-8-6-5-7-9-17/h10-15,17,24H,4-9H2,1-3H3. The van der Waals surface area contributed by atoms with Crippen molar-refractivity contribution in [1.29, 1.82) is 0 Å². The lowest BCUT2D eigenvalue weighted by atomic mass is 9.83. The number of anilines is 1. The first-order valence-corrected chi connectivity index (χ1v) is 14.0. The van der Waals surface area contributed by atoms with Crippen LogP contribution < -0.4 is 4.72 Å². The van der Waals surface area contributed by atoms with Crippen LogP contribution in [0.5, 0.6) is 0 Å². The van der Waals surface area contributed by atoms with Crippen molar-refractivity contribution in [3.63, 3.8) is 0 Å². The third-order valence-corrected chi connectivity index (χ3v) is 8.46. The van der Waals surface area contributed by atoms with Crippen molar-refractivity contribution < 1.29 is 26.4 Å². The number of hydrogen-bond donors (Lipinski definition) is 1. The molecule has 2 aromatic carbocycles. The van der Waals surface area contributed by atoms with Crippen LogP contribution >= 0.6 is 0 Å². The van der Waals surface area contributed by atoms with E-state index in [1.807, 2.05) is 6.92 Å². The molecule has 0 saturated heterocycles. The Hall–Kier alpha value is -2.39. The van der Waals surface area contributed by atoms with Crippen LogP contribution in [0.25, 0.3) is 0 Å². The monoisotopic (exact) mass is 479 g/mol. The Morgan fingerprint density at radius 1 is 1.03 bits per heavy atom. The van der Waals surface area contributed by atoms with Gasteiger partial charge in [0.25, 0.3) is 10.0 Å². The van der Waals surface area contributed by atoms with Gasteiger partial charge in [0.1, 0.15) is 0 Å². The number of methoxy groups -OCH3 is 1. The van der Waals surface area contributed by atoms with Gasteiger partial charge in [0.15, 0.2) is 9.84 Å². The van der Waals surface area contributed by atoms with Gasteiger partial charge in [0.2, 0.25) is 0 Å². The molecule has 0 heterocycles. The molecule has 32 heavy (non-hydrogen) atoms. The molecule has 1 fully saturated rings. The number of benzene rings is 2. The largest absolute Gasteiger partial charge is 0.465 e. The van der Waals surface area contributed by atoms with Crippen LogP contribution in [0.3, 0.4) is 0 Å². The number of sulfonamides is 1. The lowest BCUT2D eigenvalue weighted by molar-refractivity contribution is 0.0600. The highest BCUT2D eigenvalue weighted by Crippen LogP contribution is 2.38. The first-order chi connectivity index (χ1) is 15.1. The number of rotatable bonds is 7. The van der Waals surface area contributed by atoms with E-state index in [1.54, 1.807) is 12.1 Å². The van der Waals surface area contributed by atoms with Crippen LogP contribution in [0.15, 0.2) is 46.2 Å². The van der Waals surface area contributed by atoms with Crippen LogP contribution in [0.1, 0.15) is 66.4 Å². The molecule has 1 saturated carbocycles.